The second-order valence-electron chi connectivity index (χ2n) is 3.77. The minimum atomic E-state index is -1.14. The first-order valence-electron chi connectivity index (χ1n) is 5.38. The van der Waals surface area contributed by atoms with Crippen LogP contribution in [0.2, 0.25) is 5.02 Å². The zero-order valence-corrected chi connectivity index (χ0v) is 10.3. The minimum absolute atomic E-state index is 0.228. The number of aromatic nitrogens is 2. The van der Waals surface area contributed by atoms with E-state index in [1.165, 1.54) is 16.9 Å². The number of hydrogen-bond acceptors (Lipinski definition) is 2. The highest BCUT2D eigenvalue weighted by Gasteiger charge is 2.20. The summed E-state index contributed by atoms with van der Waals surface area (Å²) >= 11 is 5.93. The third-order valence-corrected chi connectivity index (χ3v) is 2.94. The fraction of sp³-hybridized carbons (Fsp3) is 0.250. The van der Waals surface area contributed by atoms with Gasteiger partial charge in [0.15, 0.2) is 11.6 Å². The lowest BCUT2D eigenvalue weighted by molar-refractivity contribution is 0.207. The maximum Gasteiger partial charge on any atom is 0.159 e. The van der Waals surface area contributed by atoms with Crippen molar-refractivity contribution >= 4 is 11.6 Å². The van der Waals surface area contributed by atoms with Crippen molar-refractivity contribution in [1.82, 2.24) is 9.78 Å². The normalized spacial score (nSPS) is 12.7. The Bertz CT molecular complexity index is 571. The predicted octanol–water partition coefficient (Wildman–Crippen LogP) is 2.92. The molecule has 6 heteroatoms. The van der Waals surface area contributed by atoms with Crippen molar-refractivity contribution < 1.29 is 13.9 Å². The molecule has 0 fully saturated rings. The van der Waals surface area contributed by atoms with Crippen molar-refractivity contribution in [2.24, 2.45) is 0 Å². The van der Waals surface area contributed by atoms with Gasteiger partial charge in [-0.3, -0.25) is 4.68 Å². The molecule has 1 N–H and O–H groups in total. The van der Waals surface area contributed by atoms with Gasteiger partial charge in [0.05, 0.1) is 16.9 Å². The van der Waals surface area contributed by atoms with Gasteiger partial charge >= 0.3 is 0 Å². The van der Waals surface area contributed by atoms with Crippen molar-refractivity contribution in [2.75, 3.05) is 0 Å². The molecule has 2 aromatic rings. The Kier molecular flexibility index (Phi) is 3.63. The zero-order valence-electron chi connectivity index (χ0n) is 9.57. The van der Waals surface area contributed by atoms with E-state index in [4.69, 9.17) is 11.6 Å². The molecule has 0 aliphatic carbocycles. The highest BCUT2D eigenvalue weighted by atomic mass is 35.5. The summed E-state index contributed by atoms with van der Waals surface area (Å²) < 4.78 is 27.5. The Hall–Kier alpha value is -1.46. The van der Waals surface area contributed by atoms with Crippen molar-refractivity contribution in [3.05, 3.63) is 52.3 Å². The van der Waals surface area contributed by atoms with Crippen molar-refractivity contribution in [3.63, 3.8) is 0 Å². The Morgan fingerprint density at radius 3 is 2.72 bits per heavy atom. The van der Waals surface area contributed by atoms with Gasteiger partial charge in [-0.15, -0.1) is 0 Å². The fourth-order valence-electron chi connectivity index (χ4n) is 1.74. The molecule has 0 bridgehead atoms. The number of aryl methyl sites for hydroxylation is 1. The van der Waals surface area contributed by atoms with Gasteiger partial charge in [-0.05, 0) is 24.6 Å². The molecule has 0 amide bonds. The van der Waals surface area contributed by atoms with E-state index in [-0.39, 0.29) is 10.6 Å². The van der Waals surface area contributed by atoms with Crippen LogP contribution in [0.25, 0.3) is 0 Å². The lowest BCUT2D eigenvalue weighted by Gasteiger charge is -2.13. The van der Waals surface area contributed by atoms with Gasteiger partial charge in [0, 0.05) is 6.54 Å². The number of aliphatic hydroxyl groups excluding tert-OH is 1. The van der Waals surface area contributed by atoms with Gasteiger partial charge in [-0.25, -0.2) is 8.78 Å². The highest BCUT2D eigenvalue weighted by molar-refractivity contribution is 6.31. The van der Waals surface area contributed by atoms with E-state index >= 15 is 0 Å². The van der Waals surface area contributed by atoms with Crippen LogP contribution in [0.3, 0.4) is 0 Å². The summed E-state index contributed by atoms with van der Waals surface area (Å²) in [6, 6.07) is 3.23. The van der Waals surface area contributed by atoms with Crippen LogP contribution in [-0.2, 0) is 6.54 Å². The second-order valence-corrected chi connectivity index (χ2v) is 4.18. The molecule has 1 aromatic heterocycles. The number of rotatable bonds is 3. The molecule has 0 saturated heterocycles. The summed E-state index contributed by atoms with van der Waals surface area (Å²) in [7, 11) is 0. The largest absolute Gasteiger partial charge is 0.382 e. The van der Waals surface area contributed by atoms with E-state index in [2.05, 4.69) is 5.10 Å². The van der Waals surface area contributed by atoms with E-state index in [0.29, 0.717) is 12.2 Å². The van der Waals surface area contributed by atoms with E-state index in [1.807, 2.05) is 6.92 Å². The molecule has 96 valence electrons. The number of halogens is 3. The van der Waals surface area contributed by atoms with Crippen LogP contribution in [0, 0.1) is 11.6 Å². The predicted molar refractivity (Wildman–Crippen MR) is 63.3 cm³/mol. The molecule has 1 unspecified atom stereocenters. The van der Waals surface area contributed by atoms with E-state index < -0.39 is 17.7 Å². The summed E-state index contributed by atoms with van der Waals surface area (Å²) in [4.78, 5) is 0. The Labute approximate surface area is 108 Å². The van der Waals surface area contributed by atoms with Crippen molar-refractivity contribution in [1.29, 1.82) is 0 Å². The maximum atomic E-state index is 13.1. The van der Waals surface area contributed by atoms with Gasteiger partial charge in [0.1, 0.15) is 6.10 Å². The summed E-state index contributed by atoms with van der Waals surface area (Å²) in [6.07, 6.45) is 0.263. The average Bonchev–Trinajstić information content (AvgIpc) is 2.73. The molecule has 0 spiro atoms. The molecule has 1 heterocycles. The number of nitrogens with zero attached hydrogens (tertiary/aromatic N) is 2. The summed E-state index contributed by atoms with van der Waals surface area (Å²) in [5.74, 6) is -1.97. The van der Waals surface area contributed by atoms with Crippen LogP contribution < -0.4 is 0 Å². The molecular weight excluding hydrogens is 262 g/mol. The molecule has 18 heavy (non-hydrogen) atoms. The van der Waals surface area contributed by atoms with Crippen molar-refractivity contribution in [3.8, 4) is 0 Å². The average molecular weight is 273 g/mol. The molecule has 0 aliphatic heterocycles. The minimum Gasteiger partial charge on any atom is -0.382 e. The first-order valence-corrected chi connectivity index (χ1v) is 5.76. The molecule has 0 aliphatic rings. The van der Waals surface area contributed by atoms with Gasteiger partial charge < -0.3 is 5.11 Å². The van der Waals surface area contributed by atoms with E-state index in [9.17, 15) is 13.9 Å². The Morgan fingerprint density at radius 2 is 2.11 bits per heavy atom. The maximum absolute atomic E-state index is 13.1. The molecule has 0 saturated carbocycles. The van der Waals surface area contributed by atoms with Crippen LogP contribution in [0.4, 0.5) is 8.78 Å². The Balaban J connectivity index is 2.44. The molecule has 1 aromatic carbocycles. The zero-order chi connectivity index (χ0) is 13.3. The molecule has 1 atom stereocenters. The monoisotopic (exact) mass is 272 g/mol. The third kappa shape index (κ3) is 2.23. The molecule has 0 radical (unpaired) electrons. The van der Waals surface area contributed by atoms with Crippen molar-refractivity contribution in [2.45, 2.75) is 19.6 Å². The van der Waals surface area contributed by atoms with E-state index in [1.54, 1.807) is 0 Å². The molecule has 2 rings (SSSR count). The first kappa shape index (κ1) is 13.0. The van der Waals surface area contributed by atoms with Gasteiger partial charge in [-0.2, -0.15) is 5.10 Å². The third-order valence-electron chi connectivity index (χ3n) is 2.65. The summed E-state index contributed by atoms with van der Waals surface area (Å²) in [6.45, 7) is 2.35. The first-order chi connectivity index (χ1) is 8.54. The summed E-state index contributed by atoms with van der Waals surface area (Å²) in [5, 5.41) is 14.4. The lowest BCUT2D eigenvalue weighted by Crippen LogP contribution is -2.10. The van der Waals surface area contributed by atoms with Crippen LogP contribution in [0.15, 0.2) is 24.4 Å². The van der Waals surface area contributed by atoms with E-state index in [0.717, 1.165) is 12.1 Å². The topological polar surface area (TPSA) is 38.0 Å². The summed E-state index contributed by atoms with van der Waals surface area (Å²) in [5.41, 5.74) is 0.594. The van der Waals surface area contributed by atoms with Crippen LogP contribution in [0.5, 0.6) is 0 Å². The fourth-order valence-corrected chi connectivity index (χ4v) is 1.98. The Morgan fingerprint density at radius 1 is 1.39 bits per heavy atom. The van der Waals surface area contributed by atoms with Crippen LogP contribution in [0.1, 0.15) is 24.3 Å². The quantitative estimate of drug-likeness (QED) is 0.933. The van der Waals surface area contributed by atoms with Crippen LogP contribution in [-0.4, -0.2) is 14.9 Å². The second kappa shape index (κ2) is 5.04. The standard InChI is InChI=1S/C12H11ClF2N2O/c1-2-17-11(8(13)6-16-17)12(18)7-3-4-9(14)10(15)5-7/h3-6,12,18H,2H2,1H3. The van der Waals surface area contributed by atoms with Crippen LogP contribution >= 0.6 is 11.6 Å². The number of aliphatic hydroxyl groups is 1. The smallest absolute Gasteiger partial charge is 0.159 e. The number of benzene rings is 1. The highest BCUT2D eigenvalue weighted by Crippen LogP contribution is 2.28. The lowest BCUT2D eigenvalue weighted by atomic mass is 10.1. The van der Waals surface area contributed by atoms with Gasteiger partial charge in [-0.1, -0.05) is 17.7 Å². The van der Waals surface area contributed by atoms with Gasteiger partial charge in [0.2, 0.25) is 0 Å². The molecule has 3 nitrogen and oxygen atoms in total. The number of hydrogen-bond donors (Lipinski definition) is 1. The SMILES string of the molecule is CCn1ncc(Cl)c1C(O)c1ccc(F)c(F)c1. The molecular formula is C12H11ClF2N2O. The van der Waals surface area contributed by atoms with Gasteiger partial charge in [0.25, 0.3) is 0 Å².